The summed E-state index contributed by atoms with van der Waals surface area (Å²) in [5.41, 5.74) is 3.25. The average Bonchev–Trinajstić information content (AvgIpc) is 3.08. The quantitative estimate of drug-likeness (QED) is 0.142. The Morgan fingerprint density at radius 1 is 0.512 bits per heavy atom. The van der Waals surface area contributed by atoms with Crippen LogP contribution in [0, 0.1) is 0 Å². The fourth-order valence-corrected chi connectivity index (χ4v) is 10.4. The summed E-state index contributed by atoms with van der Waals surface area (Å²) in [6, 6.07) is 60.3. The minimum Gasteiger partial charge on any atom is -0.453 e. The predicted molar refractivity (Wildman–Crippen MR) is 186 cm³/mol. The van der Waals surface area contributed by atoms with Gasteiger partial charge in [0.1, 0.15) is 28.9 Å². The van der Waals surface area contributed by atoms with Gasteiger partial charge in [-0.1, -0.05) is 104 Å². The van der Waals surface area contributed by atoms with E-state index in [0.717, 1.165) is 47.6 Å². The zero-order chi connectivity index (χ0) is 29.3. The molecular formula is C40H37NOP+. The van der Waals surface area contributed by atoms with E-state index in [0.29, 0.717) is 0 Å². The third-order valence-corrected chi connectivity index (χ3v) is 12.4. The van der Waals surface area contributed by atoms with Gasteiger partial charge in [0.05, 0.1) is 6.16 Å². The number of ether oxygens (including phenoxy) is 1. The Hall–Kier alpha value is -4.65. The molecule has 2 nitrogen and oxygen atoms in total. The summed E-state index contributed by atoms with van der Waals surface area (Å²) in [5.74, 6) is 1.74. The lowest BCUT2D eigenvalue weighted by atomic mass is 10.2. The number of anilines is 3. The summed E-state index contributed by atoms with van der Waals surface area (Å²) in [6.07, 6.45) is 3.37. The molecule has 0 bridgehead atoms. The number of hydrogen-bond donors (Lipinski definition) is 0. The highest BCUT2D eigenvalue weighted by molar-refractivity contribution is 7.95. The third-order valence-electron chi connectivity index (χ3n) is 7.85. The molecular weight excluding hydrogens is 541 g/mol. The molecule has 0 amide bonds. The van der Waals surface area contributed by atoms with Gasteiger partial charge in [0.2, 0.25) is 0 Å². The molecule has 0 aromatic heterocycles. The van der Waals surface area contributed by atoms with Gasteiger partial charge < -0.3 is 9.64 Å². The lowest BCUT2D eigenvalue weighted by Gasteiger charge is -2.29. The molecule has 6 aromatic carbocycles. The third kappa shape index (κ3) is 6.12. The van der Waals surface area contributed by atoms with E-state index in [1.807, 2.05) is 0 Å². The van der Waals surface area contributed by atoms with Gasteiger partial charge in [-0.05, 0) is 79.2 Å². The molecule has 0 aliphatic heterocycles. The van der Waals surface area contributed by atoms with Crippen LogP contribution in [-0.4, -0.2) is 6.16 Å². The first-order valence-corrected chi connectivity index (χ1v) is 17.0. The molecule has 0 heterocycles. The van der Waals surface area contributed by atoms with Gasteiger partial charge in [-0.3, -0.25) is 0 Å². The molecule has 0 unspecified atom stereocenters. The van der Waals surface area contributed by atoms with Crippen molar-refractivity contribution in [1.82, 2.24) is 0 Å². The van der Waals surface area contributed by atoms with Gasteiger partial charge in [-0.15, -0.1) is 0 Å². The van der Waals surface area contributed by atoms with Crippen molar-refractivity contribution in [2.45, 2.75) is 19.8 Å². The number of nitrogens with zero attached hydrogens (tertiary/aromatic N) is 1. The van der Waals surface area contributed by atoms with Crippen molar-refractivity contribution < 1.29 is 4.74 Å². The zero-order valence-corrected chi connectivity index (χ0v) is 25.5. The second-order valence-electron chi connectivity index (χ2n) is 10.6. The van der Waals surface area contributed by atoms with Gasteiger partial charge in [-0.2, -0.15) is 0 Å². The van der Waals surface area contributed by atoms with E-state index in [-0.39, 0.29) is 0 Å². The van der Waals surface area contributed by atoms with E-state index in [2.05, 4.69) is 182 Å². The first-order chi connectivity index (χ1) is 21.3. The standard InChI is InChI=1S/C40H37NOP/c1-2-3-31-43(37-25-12-6-13-26-37,38-27-14-7-15-28-38)40-30-17-16-29-39(40)42-36-24-18-23-35(32-36)41(33-19-8-4-9-20-33)34-21-10-5-11-22-34/h4-30,32H,2-3,31H2,1H3/q+1. The van der Waals surface area contributed by atoms with Gasteiger partial charge >= 0.3 is 0 Å². The topological polar surface area (TPSA) is 12.5 Å². The number of hydrogen-bond acceptors (Lipinski definition) is 2. The van der Waals surface area contributed by atoms with Crippen LogP contribution in [0.25, 0.3) is 0 Å². The lowest BCUT2D eigenvalue weighted by molar-refractivity contribution is 0.486. The summed E-state index contributed by atoms with van der Waals surface area (Å²) in [5, 5.41) is 4.06. The number of rotatable bonds is 11. The minimum atomic E-state index is -2.01. The molecule has 0 radical (unpaired) electrons. The molecule has 0 spiro atoms. The Labute approximate surface area is 256 Å². The van der Waals surface area contributed by atoms with Crippen molar-refractivity contribution in [2.75, 3.05) is 11.1 Å². The van der Waals surface area contributed by atoms with Crippen molar-refractivity contribution in [3.05, 3.63) is 170 Å². The molecule has 0 saturated heterocycles. The Kier molecular flexibility index (Phi) is 8.97. The molecule has 43 heavy (non-hydrogen) atoms. The summed E-state index contributed by atoms with van der Waals surface area (Å²) in [6.45, 7) is 2.28. The van der Waals surface area contributed by atoms with Gasteiger partial charge in [0, 0.05) is 23.1 Å². The highest BCUT2D eigenvalue weighted by Crippen LogP contribution is 2.58. The maximum atomic E-state index is 6.90. The molecule has 0 aliphatic carbocycles. The first-order valence-electron chi connectivity index (χ1n) is 15.1. The molecule has 6 rings (SSSR count). The normalized spacial score (nSPS) is 11.2. The van der Waals surface area contributed by atoms with Crippen molar-refractivity contribution in [1.29, 1.82) is 0 Å². The van der Waals surface area contributed by atoms with Crippen LogP contribution in [0.1, 0.15) is 19.8 Å². The van der Waals surface area contributed by atoms with Crippen molar-refractivity contribution in [3.8, 4) is 11.5 Å². The Balaban J connectivity index is 1.46. The number of benzene rings is 6. The molecule has 3 heteroatoms. The van der Waals surface area contributed by atoms with Gasteiger partial charge in [0.25, 0.3) is 0 Å². The molecule has 0 aliphatic rings. The Morgan fingerprint density at radius 2 is 1.00 bits per heavy atom. The second kappa shape index (κ2) is 13.6. The van der Waals surface area contributed by atoms with Crippen LogP contribution in [0.3, 0.4) is 0 Å². The summed E-state index contributed by atoms with van der Waals surface area (Å²) >= 11 is 0. The molecule has 0 atom stereocenters. The molecule has 6 aromatic rings. The largest absolute Gasteiger partial charge is 0.453 e. The smallest absolute Gasteiger partial charge is 0.170 e. The SMILES string of the molecule is CCCC[P+](c1ccccc1)(c1ccccc1)c1ccccc1Oc1cccc(N(c2ccccc2)c2ccccc2)c1. The average molecular weight is 579 g/mol. The van der Waals surface area contributed by atoms with Crippen LogP contribution in [-0.2, 0) is 0 Å². The first kappa shape index (κ1) is 28.5. The highest BCUT2D eigenvalue weighted by Gasteiger charge is 2.46. The van der Waals surface area contributed by atoms with Crippen molar-refractivity contribution >= 4 is 40.2 Å². The van der Waals surface area contributed by atoms with Crippen LogP contribution < -0.4 is 25.6 Å². The number of para-hydroxylation sites is 3. The van der Waals surface area contributed by atoms with E-state index in [1.165, 1.54) is 15.9 Å². The van der Waals surface area contributed by atoms with E-state index in [4.69, 9.17) is 4.74 Å². The Bertz CT molecular complexity index is 1640. The van der Waals surface area contributed by atoms with Crippen LogP contribution >= 0.6 is 7.26 Å². The highest BCUT2D eigenvalue weighted by atomic mass is 31.2. The second-order valence-corrected chi connectivity index (χ2v) is 14.2. The summed E-state index contributed by atoms with van der Waals surface area (Å²) in [7, 11) is -2.01. The minimum absolute atomic E-state index is 0.816. The van der Waals surface area contributed by atoms with Crippen molar-refractivity contribution in [3.63, 3.8) is 0 Å². The van der Waals surface area contributed by atoms with Crippen LogP contribution in [0.2, 0.25) is 0 Å². The molecule has 212 valence electrons. The Morgan fingerprint density at radius 3 is 1.56 bits per heavy atom. The van der Waals surface area contributed by atoms with Gasteiger partial charge in [0.15, 0.2) is 5.75 Å². The zero-order valence-electron chi connectivity index (χ0n) is 24.6. The molecule has 0 saturated carbocycles. The van der Waals surface area contributed by atoms with Crippen LogP contribution in [0.4, 0.5) is 17.1 Å². The van der Waals surface area contributed by atoms with E-state index in [1.54, 1.807) is 0 Å². The van der Waals surface area contributed by atoms with Crippen LogP contribution in [0.15, 0.2) is 170 Å². The lowest BCUT2D eigenvalue weighted by Crippen LogP contribution is -2.34. The maximum Gasteiger partial charge on any atom is 0.170 e. The fraction of sp³-hybridized carbons (Fsp3) is 0.100. The van der Waals surface area contributed by atoms with E-state index in [9.17, 15) is 0 Å². The maximum absolute atomic E-state index is 6.90. The predicted octanol–water partition coefficient (Wildman–Crippen LogP) is 10.0. The van der Waals surface area contributed by atoms with Crippen LogP contribution in [0.5, 0.6) is 11.5 Å². The summed E-state index contributed by atoms with van der Waals surface area (Å²) < 4.78 is 6.90. The van der Waals surface area contributed by atoms with E-state index < -0.39 is 7.26 Å². The monoisotopic (exact) mass is 578 g/mol. The fourth-order valence-electron chi connectivity index (χ4n) is 5.84. The molecule has 0 N–H and O–H groups in total. The van der Waals surface area contributed by atoms with Gasteiger partial charge in [-0.25, -0.2) is 0 Å². The summed E-state index contributed by atoms with van der Waals surface area (Å²) in [4.78, 5) is 2.27. The molecule has 0 fully saturated rings. The number of unbranched alkanes of at least 4 members (excludes halogenated alkanes) is 1. The van der Waals surface area contributed by atoms with Crippen molar-refractivity contribution in [2.24, 2.45) is 0 Å². The van der Waals surface area contributed by atoms with E-state index >= 15 is 0 Å².